The first-order valence-electron chi connectivity index (χ1n) is 17.2. The van der Waals surface area contributed by atoms with Gasteiger partial charge >= 0.3 is 0 Å². The summed E-state index contributed by atoms with van der Waals surface area (Å²) >= 11 is 9.03. The maximum Gasteiger partial charge on any atom is 0.193 e. The lowest BCUT2D eigenvalue weighted by atomic mass is 9.86. The van der Waals surface area contributed by atoms with Crippen molar-refractivity contribution in [1.29, 1.82) is 0 Å². The summed E-state index contributed by atoms with van der Waals surface area (Å²) in [5.74, 6) is 1.13. The van der Waals surface area contributed by atoms with Crippen molar-refractivity contribution in [2.24, 2.45) is 0 Å². The molecule has 0 radical (unpaired) electrons. The second kappa shape index (κ2) is 25.8. The van der Waals surface area contributed by atoms with E-state index in [0.29, 0.717) is 13.2 Å². The zero-order valence-electron chi connectivity index (χ0n) is 28.7. The molecule has 2 N–H and O–H groups in total. The molecular weight excluding hydrogens is 693 g/mol. The normalized spacial score (nSPS) is 16.3. The molecular formula is C40H54Cl3N3O2S. The maximum absolute atomic E-state index is 7.14. The molecule has 0 amide bonds. The van der Waals surface area contributed by atoms with E-state index in [9.17, 15) is 0 Å². The number of aromatic nitrogens is 1. The number of thioether (sulfide) groups is 1. The van der Waals surface area contributed by atoms with Crippen LogP contribution in [0.25, 0.3) is 0 Å². The number of ether oxygens (including phenoxy) is 2. The van der Waals surface area contributed by atoms with Crippen LogP contribution in [0.15, 0.2) is 114 Å². The van der Waals surface area contributed by atoms with Gasteiger partial charge in [-0.25, -0.2) is 0 Å². The van der Waals surface area contributed by atoms with Crippen molar-refractivity contribution in [2.75, 3.05) is 31.9 Å². The number of rotatable bonds is 19. The summed E-state index contributed by atoms with van der Waals surface area (Å²) in [5, 5.41) is 5.97. The lowest BCUT2D eigenvalue weighted by molar-refractivity contribution is -0.123. The first-order chi connectivity index (χ1) is 23.2. The average Bonchev–Trinajstić information content (AvgIpc) is 3.13. The predicted molar refractivity (Wildman–Crippen MR) is 212 cm³/mol. The summed E-state index contributed by atoms with van der Waals surface area (Å²) in [5.41, 5.74) is 4.49. The second-order valence-corrected chi connectivity index (χ2v) is 13.6. The fourth-order valence-electron chi connectivity index (χ4n) is 5.57. The van der Waals surface area contributed by atoms with Crippen LogP contribution in [0.1, 0.15) is 67.7 Å². The van der Waals surface area contributed by atoms with E-state index in [0.717, 1.165) is 54.9 Å². The number of nitrogens with zero attached hydrogens (tertiary/aromatic N) is 1. The molecule has 1 aliphatic rings. The predicted octanol–water partition coefficient (Wildman–Crippen LogP) is 9.99. The minimum Gasteiger partial charge on any atom is -0.369 e. The summed E-state index contributed by atoms with van der Waals surface area (Å²) in [6, 6.07) is 32.7. The molecule has 1 aliphatic carbocycles. The van der Waals surface area contributed by atoms with E-state index in [-0.39, 0.29) is 30.9 Å². The first-order valence-corrected chi connectivity index (χ1v) is 18.6. The topological polar surface area (TPSA) is 55.4 Å². The fraction of sp³-hybridized carbons (Fsp3) is 0.425. The van der Waals surface area contributed by atoms with E-state index in [4.69, 9.17) is 21.1 Å². The zero-order valence-corrected chi connectivity index (χ0v) is 31.9. The Balaban J connectivity index is 0.000000342. The minimum atomic E-state index is -0.987. The van der Waals surface area contributed by atoms with Crippen LogP contribution >= 0.6 is 48.2 Å². The van der Waals surface area contributed by atoms with Crippen molar-refractivity contribution in [3.63, 3.8) is 0 Å². The molecule has 5 rings (SSSR count). The average molecular weight is 747 g/mol. The van der Waals surface area contributed by atoms with Gasteiger partial charge in [-0.05, 0) is 80.6 Å². The Labute approximate surface area is 316 Å². The third-order valence-corrected chi connectivity index (χ3v) is 9.71. The van der Waals surface area contributed by atoms with Gasteiger partial charge in [0, 0.05) is 35.2 Å². The van der Waals surface area contributed by atoms with Crippen molar-refractivity contribution >= 4 is 48.2 Å². The summed E-state index contributed by atoms with van der Waals surface area (Å²) < 4.78 is 12.6. The van der Waals surface area contributed by atoms with Gasteiger partial charge in [-0.3, -0.25) is 4.98 Å². The summed E-state index contributed by atoms with van der Waals surface area (Å²) in [6.45, 7) is 7.78. The van der Waals surface area contributed by atoms with E-state index < -0.39 is 5.06 Å². The summed E-state index contributed by atoms with van der Waals surface area (Å²) in [4.78, 5) is 5.33. The molecule has 0 unspecified atom stereocenters. The van der Waals surface area contributed by atoms with Crippen molar-refractivity contribution in [1.82, 2.24) is 15.6 Å². The molecule has 268 valence electrons. The number of halogens is 3. The lowest BCUT2D eigenvalue weighted by Crippen LogP contribution is -2.43. The van der Waals surface area contributed by atoms with Gasteiger partial charge in [0.05, 0.1) is 13.2 Å². The van der Waals surface area contributed by atoms with Gasteiger partial charge in [0.15, 0.2) is 5.06 Å². The van der Waals surface area contributed by atoms with E-state index >= 15 is 0 Å². The van der Waals surface area contributed by atoms with Crippen LogP contribution in [0, 0.1) is 0 Å². The maximum atomic E-state index is 7.14. The van der Waals surface area contributed by atoms with Gasteiger partial charge in [0.25, 0.3) is 0 Å². The number of unbranched alkanes of at least 4 members (excludes halogenated alkanes) is 3. The van der Waals surface area contributed by atoms with Crippen LogP contribution in [-0.4, -0.2) is 43.0 Å². The van der Waals surface area contributed by atoms with E-state index in [1.165, 1.54) is 49.1 Å². The molecule has 4 aromatic rings. The number of pyridine rings is 1. The van der Waals surface area contributed by atoms with E-state index in [1.54, 1.807) is 0 Å². The molecule has 0 saturated heterocycles. The summed E-state index contributed by atoms with van der Waals surface area (Å²) in [6.07, 6.45) is 11.8. The Morgan fingerprint density at radius 1 is 0.735 bits per heavy atom. The van der Waals surface area contributed by atoms with E-state index in [2.05, 4.69) is 77.1 Å². The molecule has 0 bridgehead atoms. The van der Waals surface area contributed by atoms with Crippen LogP contribution in [-0.2, 0) is 34.2 Å². The molecule has 2 atom stereocenters. The van der Waals surface area contributed by atoms with Gasteiger partial charge in [-0.15, -0.1) is 36.6 Å². The molecule has 0 saturated carbocycles. The third kappa shape index (κ3) is 15.7. The molecule has 9 heteroatoms. The van der Waals surface area contributed by atoms with Crippen LogP contribution in [0.5, 0.6) is 0 Å². The molecule has 0 aliphatic heterocycles. The van der Waals surface area contributed by atoms with Gasteiger partial charge in [-0.2, -0.15) is 0 Å². The number of fused-ring (bicyclic) bond motifs is 1. The third-order valence-electron chi connectivity index (χ3n) is 8.14. The molecule has 5 nitrogen and oxygen atoms in total. The highest BCUT2D eigenvalue weighted by molar-refractivity contribution is 7.99. The van der Waals surface area contributed by atoms with Crippen LogP contribution in [0.2, 0.25) is 0 Å². The Morgan fingerprint density at radius 3 is 1.98 bits per heavy atom. The Kier molecular flexibility index (Phi) is 22.6. The number of benzene rings is 3. The minimum absolute atomic E-state index is 0. The molecule has 1 heterocycles. The van der Waals surface area contributed by atoms with Crippen molar-refractivity contribution in [3.8, 4) is 0 Å². The molecule has 0 fully saturated rings. The van der Waals surface area contributed by atoms with Gasteiger partial charge < -0.3 is 20.1 Å². The zero-order chi connectivity index (χ0) is 32.8. The molecule has 1 aromatic heterocycles. The number of aryl methyl sites for hydroxylation is 1. The SMILES string of the molecule is CCCNCCCCCCNCCSc1ccncc1.Cl.Cl.Cl[C@@]1(OCc2ccccc2)c2ccccc2CC[C@@H]1OCc1ccccc1. The highest BCUT2D eigenvalue weighted by Gasteiger charge is 2.45. The van der Waals surface area contributed by atoms with Crippen molar-refractivity contribution in [2.45, 2.75) is 81.1 Å². The number of hydrogen-bond donors (Lipinski definition) is 2. The molecule has 49 heavy (non-hydrogen) atoms. The smallest absolute Gasteiger partial charge is 0.193 e. The fourth-order valence-corrected chi connectivity index (χ4v) is 6.77. The van der Waals surface area contributed by atoms with Crippen LogP contribution in [0.3, 0.4) is 0 Å². The van der Waals surface area contributed by atoms with Crippen molar-refractivity contribution < 1.29 is 9.47 Å². The Hall–Kier alpha value is -2.13. The van der Waals surface area contributed by atoms with Gasteiger partial charge in [0.1, 0.15) is 6.10 Å². The Morgan fingerprint density at radius 2 is 1.33 bits per heavy atom. The number of alkyl halides is 1. The van der Waals surface area contributed by atoms with Crippen LogP contribution < -0.4 is 10.6 Å². The van der Waals surface area contributed by atoms with Gasteiger partial charge in [0.2, 0.25) is 0 Å². The lowest BCUT2D eigenvalue weighted by Gasteiger charge is -2.40. The quantitative estimate of drug-likeness (QED) is 0.0566. The van der Waals surface area contributed by atoms with Crippen molar-refractivity contribution in [3.05, 3.63) is 132 Å². The largest absolute Gasteiger partial charge is 0.369 e. The Bertz CT molecular complexity index is 1380. The molecule has 3 aromatic carbocycles. The van der Waals surface area contributed by atoms with Gasteiger partial charge in [-0.1, -0.05) is 116 Å². The first kappa shape index (κ1) is 43.0. The summed E-state index contributed by atoms with van der Waals surface area (Å²) in [7, 11) is 0. The highest BCUT2D eigenvalue weighted by atomic mass is 35.5. The standard InChI is InChI=1S/C24H23ClO2.C16H29N3S.2ClH/c25-24(27-18-20-11-5-2-6-12-20)22-14-8-7-13-21(22)15-16-23(24)26-17-19-9-3-1-4-10-19;1-2-9-17-10-5-3-4-6-11-18-14-15-20-16-7-12-19-13-8-16;;/h1-14,23H,15-18H2;7-8,12-13,17-18H,2-6,9-11,14-15H2,1H3;2*1H/t23-,24+;;;/m0.../s1. The monoisotopic (exact) mass is 745 g/mol. The van der Waals surface area contributed by atoms with E-state index in [1.807, 2.05) is 66.6 Å². The second-order valence-electron chi connectivity index (χ2n) is 11.8. The molecule has 0 spiro atoms. The number of hydrogen-bond acceptors (Lipinski definition) is 6. The number of nitrogens with one attached hydrogen (secondary N) is 2. The highest BCUT2D eigenvalue weighted by Crippen LogP contribution is 2.44. The van der Waals surface area contributed by atoms with Crippen LogP contribution in [0.4, 0.5) is 0 Å².